The quantitative estimate of drug-likeness (QED) is 0.442. The maximum absolute atomic E-state index is 12.6. The average molecular weight is 470 g/mol. The maximum Gasteiger partial charge on any atom is 0.262 e. The number of anilines is 1. The van der Waals surface area contributed by atoms with Gasteiger partial charge in [-0.15, -0.1) is 12.4 Å². The summed E-state index contributed by atoms with van der Waals surface area (Å²) in [4.78, 5) is 15.3. The first kappa shape index (κ1) is 24.7. The van der Waals surface area contributed by atoms with Gasteiger partial charge in [0, 0.05) is 11.8 Å². The third-order valence-corrected chi connectivity index (χ3v) is 5.31. The van der Waals surface area contributed by atoms with E-state index in [2.05, 4.69) is 15.1 Å². The van der Waals surface area contributed by atoms with Gasteiger partial charge in [-0.2, -0.15) is 4.98 Å². The number of nitrogens with two attached hydrogens (primary N) is 1. The third-order valence-electron chi connectivity index (χ3n) is 4.10. The molecule has 0 aliphatic rings. The molecule has 10 nitrogen and oxygen atoms in total. The van der Waals surface area contributed by atoms with Crippen molar-refractivity contribution in [3.05, 3.63) is 41.9 Å². The Bertz CT molecular complexity index is 1170. The fraction of sp³-hybridized carbons (Fsp3) is 0.316. The van der Waals surface area contributed by atoms with Crippen molar-refractivity contribution in [2.45, 2.75) is 38.2 Å². The van der Waals surface area contributed by atoms with Crippen molar-refractivity contribution < 1.29 is 22.9 Å². The molecular formula is C19H24ClN5O5S. The molecule has 0 saturated carbocycles. The van der Waals surface area contributed by atoms with E-state index in [-0.39, 0.29) is 35.6 Å². The molecule has 0 spiro atoms. The second-order valence-electron chi connectivity index (χ2n) is 7.47. The lowest BCUT2D eigenvalue weighted by Crippen LogP contribution is -2.33. The molecule has 2 aromatic heterocycles. The number of rotatable bonds is 7. The molecule has 4 N–H and O–H groups in total. The molecule has 31 heavy (non-hydrogen) atoms. The molecule has 0 saturated heterocycles. The number of nitrogen functional groups attached to an aromatic ring is 1. The first-order chi connectivity index (χ1) is 14.0. The Kier molecular flexibility index (Phi) is 7.40. The normalized spacial score (nSPS) is 11.9. The van der Waals surface area contributed by atoms with Crippen LogP contribution >= 0.6 is 12.4 Å². The molecule has 0 radical (unpaired) electrons. The van der Waals surface area contributed by atoms with Gasteiger partial charge in [-0.3, -0.25) is 4.84 Å². The van der Waals surface area contributed by atoms with Gasteiger partial charge in [0.1, 0.15) is 5.82 Å². The monoisotopic (exact) mass is 469 g/mol. The number of hydrogen-bond acceptors (Lipinski definition) is 9. The van der Waals surface area contributed by atoms with Crippen LogP contribution in [0.1, 0.15) is 25.2 Å². The molecule has 0 aliphatic heterocycles. The first-order valence-corrected chi connectivity index (χ1v) is 10.5. The van der Waals surface area contributed by atoms with Crippen LogP contribution in [0.25, 0.3) is 22.6 Å². The minimum absolute atomic E-state index is 0. The lowest BCUT2D eigenvalue weighted by Gasteiger charge is -2.17. The summed E-state index contributed by atoms with van der Waals surface area (Å²) in [6.45, 7) is 6.33. The van der Waals surface area contributed by atoms with E-state index in [0.29, 0.717) is 22.5 Å². The van der Waals surface area contributed by atoms with Crippen LogP contribution in [0.2, 0.25) is 0 Å². The Balaban J connectivity index is 0.00000341. The lowest BCUT2D eigenvalue weighted by atomic mass is 10.0. The average Bonchev–Trinajstić information content (AvgIpc) is 3.07. The van der Waals surface area contributed by atoms with Crippen molar-refractivity contribution in [3.8, 4) is 22.6 Å². The molecule has 3 rings (SSSR count). The summed E-state index contributed by atoms with van der Waals surface area (Å²) in [5, 5.41) is 13.4. The number of aryl methyl sites for hydroxylation is 2. The Morgan fingerprint density at radius 2 is 1.94 bits per heavy atom. The fourth-order valence-electron chi connectivity index (χ4n) is 2.61. The molecule has 0 amide bonds. The summed E-state index contributed by atoms with van der Waals surface area (Å²) in [7, 11) is -3.97. The summed E-state index contributed by atoms with van der Waals surface area (Å²) in [6, 6.07) is 6.35. The molecule has 12 heteroatoms. The number of nitrogens with zero attached hydrogens (tertiary/aromatic N) is 3. The summed E-state index contributed by atoms with van der Waals surface area (Å²) in [5.74, 6) is 0.893. The van der Waals surface area contributed by atoms with Gasteiger partial charge in [0.2, 0.25) is 0 Å². The van der Waals surface area contributed by atoms with Crippen LogP contribution in [-0.2, 0) is 14.9 Å². The highest BCUT2D eigenvalue weighted by molar-refractivity contribution is 7.89. The molecule has 168 valence electrons. The summed E-state index contributed by atoms with van der Waals surface area (Å²) in [5.41, 5.74) is 7.31. The molecule has 0 aliphatic carbocycles. The largest absolute Gasteiger partial charge is 0.388 e. The van der Waals surface area contributed by atoms with Gasteiger partial charge in [-0.25, -0.2) is 13.4 Å². The van der Waals surface area contributed by atoms with E-state index >= 15 is 0 Å². The molecule has 0 unspecified atom stereocenters. The van der Waals surface area contributed by atoms with Gasteiger partial charge in [0.15, 0.2) is 5.82 Å². The third kappa shape index (κ3) is 5.99. The van der Waals surface area contributed by atoms with Crippen LogP contribution in [0.15, 0.2) is 39.9 Å². The summed E-state index contributed by atoms with van der Waals surface area (Å²) < 4.78 is 30.3. The molecule has 0 bridgehead atoms. The van der Waals surface area contributed by atoms with E-state index in [9.17, 15) is 13.5 Å². The van der Waals surface area contributed by atoms with E-state index in [4.69, 9.17) is 15.1 Å². The van der Waals surface area contributed by atoms with E-state index < -0.39 is 15.6 Å². The Morgan fingerprint density at radius 1 is 1.23 bits per heavy atom. The van der Waals surface area contributed by atoms with E-state index in [0.717, 1.165) is 5.56 Å². The van der Waals surface area contributed by atoms with Gasteiger partial charge in [-0.1, -0.05) is 16.1 Å². The van der Waals surface area contributed by atoms with Crippen molar-refractivity contribution in [1.29, 1.82) is 0 Å². The molecule has 2 heterocycles. The predicted octanol–water partition coefficient (Wildman–Crippen LogP) is 2.40. The number of nitrogens with one attached hydrogen (secondary N) is 1. The fourth-order valence-corrected chi connectivity index (χ4v) is 3.44. The second kappa shape index (κ2) is 9.28. The van der Waals surface area contributed by atoms with Crippen LogP contribution < -0.4 is 10.6 Å². The summed E-state index contributed by atoms with van der Waals surface area (Å²) >= 11 is 0. The van der Waals surface area contributed by atoms with Crippen LogP contribution in [0.5, 0.6) is 0 Å². The van der Waals surface area contributed by atoms with E-state index in [1.165, 1.54) is 26.0 Å². The van der Waals surface area contributed by atoms with E-state index in [1.807, 2.05) is 11.8 Å². The van der Waals surface area contributed by atoms with Crippen molar-refractivity contribution in [3.63, 3.8) is 0 Å². The number of sulfonamides is 1. The highest BCUT2D eigenvalue weighted by atomic mass is 35.5. The maximum atomic E-state index is 12.6. The van der Waals surface area contributed by atoms with Crippen molar-refractivity contribution in [2.24, 2.45) is 0 Å². The number of aliphatic hydroxyl groups is 1. The molecule has 1 aromatic carbocycles. The zero-order valence-electron chi connectivity index (χ0n) is 17.4. The van der Waals surface area contributed by atoms with Crippen molar-refractivity contribution in [1.82, 2.24) is 20.0 Å². The van der Waals surface area contributed by atoms with Gasteiger partial charge < -0.3 is 15.4 Å². The minimum Gasteiger partial charge on any atom is -0.388 e. The molecule has 0 fully saturated rings. The van der Waals surface area contributed by atoms with Crippen molar-refractivity contribution >= 4 is 28.2 Å². The zero-order valence-corrected chi connectivity index (χ0v) is 19.0. The summed E-state index contributed by atoms with van der Waals surface area (Å²) in [6.07, 6.45) is 1.54. The first-order valence-electron chi connectivity index (χ1n) is 8.99. The lowest BCUT2D eigenvalue weighted by molar-refractivity contribution is -0.0380. The Morgan fingerprint density at radius 3 is 2.55 bits per heavy atom. The van der Waals surface area contributed by atoms with Crippen LogP contribution in [0.3, 0.4) is 0 Å². The van der Waals surface area contributed by atoms with Gasteiger partial charge in [0.05, 0.1) is 22.7 Å². The highest BCUT2D eigenvalue weighted by Crippen LogP contribution is 2.31. The van der Waals surface area contributed by atoms with Gasteiger partial charge in [0.25, 0.3) is 15.9 Å². The SMILES string of the molecule is Cc1noc(-c2cc(-c3cc(S(=O)(=O)NOCC(C)(C)O)ccc3C)cnc2N)n1.Cl. The number of hydrogen-bond donors (Lipinski definition) is 3. The van der Waals surface area contributed by atoms with Gasteiger partial charge >= 0.3 is 0 Å². The highest BCUT2D eigenvalue weighted by Gasteiger charge is 2.20. The van der Waals surface area contributed by atoms with E-state index in [1.54, 1.807) is 25.3 Å². The van der Waals surface area contributed by atoms with Crippen molar-refractivity contribution in [2.75, 3.05) is 12.3 Å². The second-order valence-corrected chi connectivity index (χ2v) is 9.11. The topological polar surface area (TPSA) is 153 Å². The van der Waals surface area contributed by atoms with Crippen LogP contribution in [-0.4, -0.2) is 40.9 Å². The van der Waals surface area contributed by atoms with Gasteiger partial charge in [-0.05, 0) is 57.0 Å². The molecular weight excluding hydrogens is 446 g/mol. The Hall–Kier alpha value is -2.57. The molecule has 3 aromatic rings. The standard InChI is InChI=1S/C19H23N5O5S.ClH/c1-11-5-6-14(30(26,27)24-28-10-19(3,4)25)8-15(11)13-7-16(17(20)21-9-13)18-22-12(2)23-29-18;/h5-9,24-25H,10H2,1-4H3,(H2,20,21);1H. The zero-order chi connectivity index (χ0) is 22.1. The number of aromatic nitrogens is 3. The van der Waals surface area contributed by atoms with Crippen LogP contribution in [0.4, 0.5) is 5.82 Å². The predicted molar refractivity (Wildman–Crippen MR) is 117 cm³/mol. The molecule has 0 atom stereocenters. The number of pyridine rings is 1. The smallest absolute Gasteiger partial charge is 0.262 e. The number of halogens is 1. The van der Waals surface area contributed by atoms with Crippen LogP contribution in [0, 0.1) is 13.8 Å². The minimum atomic E-state index is -3.97. The number of benzene rings is 1. The Labute approximate surface area is 186 Å².